The molecule has 6 N–H and O–H groups in total. The first kappa shape index (κ1) is 23.3. The first-order chi connectivity index (χ1) is 15.4. The van der Waals surface area contributed by atoms with Gasteiger partial charge < -0.3 is 26.2 Å². The number of hydrogen-bond acceptors (Lipinski definition) is 8. The average Bonchev–Trinajstić information content (AvgIpc) is 2.72. The molecule has 10 heteroatoms. The van der Waals surface area contributed by atoms with Crippen LogP contribution in [0.1, 0.15) is 30.0 Å². The van der Waals surface area contributed by atoms with Gasteiger partial charge in [-0.3, -0.25) is 19.3 Å². The van der Waals surface area contributed by atoms with Gasteiger partial charge in [0.1, 0.15) is 22.8 Å². The minimum absolute atomic E-state index is 0.00985. The largest absolute Gasteiger partial charge is 0.508 e. The summed E-state index contributed by atoms with van der Waals surface area (Å²) in [5.74, 6) is -6.72. The molecule has 0 unspecified atom stereocenters. The molecule has 0 radical (unpaired) electrons. The maximum atomic E-state index is 13.7. The van der Waals surface area contributed by atoms with Gasteiger partial charge in [-0.1, -0.05) is 18.5 Å². The zero-order valence-electron chi connectivity index (χ0n) is 18.3. The van der Waals surface area contributed by atoms with Gasteiger partial charge in [0.05, 0.1) is 11.6 Å². The Hall–Kier alpha value is -2.88. The average molecular weight is 477 g/mol. The number of ketones is 2. The van der Waals surface area contributed by atoms with Crippen LogP contribution in [0.2, 0.25) is 5.02 Å². The minimum atomic E-state index is -2.65. The van der Waals surface area contributed by atoms with Crippen LogP contribution >= 0.6 is 11.6 Å². The van der Waals surface area contributed by atoms with E-state index in [1.165, 1.54) is 4.90 Å². The van der Waals surface area contributed by atoms with Crippen molar-refractivity contribution in [2.24, 2.45) is 17.6 Å². The van der Waals surface area contributed by atoms with Crippen molar-refractivity contribution in [3.05, 3.63) is 44.7 Å². The van der Waals surface area contributed by atoms with E-state index in [0.717, 1.165) is 0 Å². The summed E-state index contributed by atoms with van der Waals surface area (Å²) in [4.78, 5) is 40.1. The molecule has 4 atom stereocenters. The number of carbonyl (C=O) groups is 3. The number of aromatic hydroxyl groups is 1. The molecule has 1 saturated carbocycles. The van der Waals surface area contributed by atoms with E-state index >= 15 is 0 Å². The number of fused-ring (bicyclic) bond motifs is 3. The van der Waals surface area contributed by atoms with Crippen molar-refractivity contribution in [3.63, 3.8) is 0 Å². The highest BCUT2D eigenvalue weighted by molar-refractivity contribution is 6.32. The molecule has 33 heavy (non-hydrogen) atoms. The van der Waals surface area contributed by atoms with Crippen LogP contribution < -0.4 is 5.73 Å². The Labute approximate surface area is 194 Å². The molecule has 4 rings (SSSR count). The molecule has 1 amide bonds. The molecule has 0 aromatic heterocycles. The number of carbonyl (C=O) groups excluding carboxylic acids is 3. The van der Waals surface area contributed by atoms with Crippen molar-refractivity contribution in [2.45, 2.75) is 37.8 Å². The van der Waals surface area contributed by atoms with Gasteiger partial charge in [0.15, 0.2) is 11.4 Å². The summed E-state index contributed by atoms with van der Waals surface area (Å²) < 4.78 is 0. The van der Waals surface area contributed by atoms with Gasteiger partial charge in [-0.15, -0.1) is 0 Å². The third-order valence-corrected chi connectivity index (χ3v) is 7.46. The molecule has 1 aromatic rings. The Morgan fingerprint density at radius 1 is 1.27 bits per heavy atom. The van der Waals surface area contributed by atoms with E-state index < -0.39 is 58.0 Å². The number of phenols is 1. The van der Waals surface area contributed by atoms with Crippen molar-refractivity contribution < 1.29 is 34.8 Å². The van der Waals surface area contributed by atoms with E-state index in [9.17, 15) is 34.8 Å². The Morgan fingerprint density at radius 3 is 2.45 bits per heavy atom. The summed E-state index contributed by atoms with van der Waals surface area (Å²) in [7, 11) is 3.10. The van der Waals surface area contributed by atoms with E-state index in [1.54, 1.807) is 27.1 Å². The normalized spacial score (nSPS) is 29.2. The topological polar surface area (TPSA) is 161 Å². The van der Waals surface area contributed by atoms with Crippen molar-refractivity contribution in [1.82, 2.24) is 4.90 Å². The standard InChI is InChI=1S/C23H25ClN2O7/c1-4-8-7-12(24)10-5-9-6-11-16(26(2)3)19(29)15(22(25)32)21(31)23(11,33)20(30)13(9)18(28)14(10)17(8)27/h7,9,11,16,27-28,31,33H,4-6H2,1-3H3,(H2,25,32)/t9-,11-,16-,23-/m0/s1. The van der Waals surface area contributed by atoms with Gasteiger partial charge in [-0.2, -0.15) is 0 Å². The Balaban J connectivity index is 2.00. The van der Waals surface area contributed by atoms with Crippen molar-refractivity contribution >= 4 is 34.8 Å². The van der Waals surface area contributed by atoms with Crippen LogP contribution in [0.5, 0.6) is 5.75 Å². The minimum Gasteiger partial charge on any atom is -0.508 e. The number of nitrogens with zero attached hydrogens (tertiary/aromatic N) is 1. The molecule has 0 spiro atoms. The van der Waals surface area contributed by atoms with E-state index in [0.29, 0.717) is 22.6 Å². The second kappa shape index (κ2) is 7.58. The Morgan fingerprint density at radius 2 is 1.91 bits per heavy atom. The van der Waals surface area contributed by atoms with Gasteiger partial charge in [0.2, 0.25) is 5.78 Å². The number of benzene rings is 1. The zero-order valence-corrected chi connectivity index (χ0v) is 19.1. The molecule has 3 aliphatic rings. The number of amides is 1. The van der Waals surface area contributed by atoms with Crippen molar-refractivity contribution in [2.75, 3.05) is 14.1 Å². The summed E-state index contributed by atoms with van der Waals surface area (Å²) in [5, 5.41) is 44.5. The van der Waals surface area contributed by atoms with Crippen LogP contribution in [0.25, 0.3) is 5.76 Å². The highest BCUT2D eigenvalue weighted by Crippen LogP contribution is 2.53. The maximum Gasteiger partial charge on any atom is 0.255 e. The second-order valence-electron chi connectivity index (χ2n) is 9.03. The third-order valence-electron chi connectivity index (χ3n) is 7.13. The molecule has 9 nitrogen and oxygen atoms in total. The molecule has 3 aliphatic carbocycles. The number of nitrogens with two attached hydrogens (primary N) is 1. The van der Waals surface area contributed by atoms with Crippen LogP contribution in [0.15, 0.2) is 23.0 Å². The van der Waals surface area contributed by atoms with Crippen LogP contribution in [0.4, 0.5) is 0 Å². The van der Waals surface area contributed by atoms with E-state index in [-0.39, 0.29) is 29.7 Å². The third kappa shape index (κ3) is 2.96. The molecule has 0 heterocycles. The van der Waals surface area contributed by atoms with Crippen LogP contribution in [-0.4, -0.2) is 68.5 Å². The number of aryl methyl sites for hydroxylation is 1. The number of phenolic OH excluding ortho intramolecular Hbond substituents is 1. The first-order valence-corrected chi connectivity index (χ1v) is 10.9. The number of likely N-dealkylation sites (N-methyl/N-ethyl adjacent to an activating group) is 1. The van der Waals surface area contributed by atoms with Gasteiger partial charge in [-0.05, 0) is 56.5 Å². The van der Waals surface area contributed by atoms with Crippen LogP contribution in [0, 0.1) is 11.8 Å². The monoisotopic (exact) mass is 476 g/mol. The molecule has 0 saturated heterocycles. The van der Waals surface area contributed by atoms with E-state index in [1.807, 2.05) is 0 Å². The van der Waals surface area contributed by atoms with Crippen molar-refractivity contribution in [3.8, 4) is 5.75 Å². The number of rotatable bonds is 3. The number of hydrogen-bond donors (Lipinski definition) is 5. The first-order valence-electron chi connectivity index (χ1n) is 10.6. The highest BCUT2D eigenvalue weighted by Gasteiger charge is 2.64. The lowest BCUT2D eigenvalue weighted by Gasteiger charge is -2.50. The quantitative estimate of drug-likeness (QED) is 0.406. The molecule has 0 bridgehead atoms. The molecular formula is C23H25ClN2O7. The highest BCUT2D eigenvalue weighted by atomic mass is 35.5. The molecule has 176 valence electrons. The van der Waals surface area contributed by atoms with E-state index in [2.05, 4.69) is 0 Å². The lowest BCUT2D eigenvalue weighted by Crippen LogP contribution is -2.65. The van der Waals surface area contributed by atoms with Gasteiger partial charge in [0, 0.05) is 16.5 Å². The molecule has 0 aliphatic heterocycles. The van der Waals surface area contributed by atoms with Gasteiger partial charge in [-0.25, -0.2) is 0 Å². The lowest BCUT2D eigenvalue weighted by atomic mass is 9.57. The van der Waals surface area contributed by atoms with Crippen molar-refractivity contribution in [1.29, 1.82) is 0 Å². The number of primary amides is 1. The summed E-state index contributed by atoms with van der Waals surface area (Å²) in [6.45, 7) is 1.79. The molecule has 1 fully saturated rings. The number of aliphatic hydroxyl groups excluding tert-OH is 2. The molecular weight excluding hydrogens is 452 g/mol. The molecule has 1 aromatic carbocycles. The summed E-state index contributed by atoms with van der Waals surface area (Å²) in [5.41, 5.74) is 2.56. The second-order valence-corrected chi connectivity index (χ2v) is 9.44. The fraction of sp³-hybridized carbons (Fsp3) is 0.435. The van der Waals surface area contributed by atoms with Crippen LogP contribution in [0.3, 0.4) is 0 Å². The summed E-state index contributed by atoms with van der Waals surface area (Å²) in [6, 6.07) is 0.490. The Bertz CT molecular complexity index is 1190. The summed E-state index contributed by atoms with van der Waals surface area (Å²) >= 11 is 6.43. The van der Waals surface area contributed by atoms with E-state index in [4.69, 9.17) is 17.3 Å². The lowest BCUT2D eigenvalue weighted by molar-refractivity contribution is -0.153. The fourth-order valence-corrected chi connectivity index (χ4v) is 5.89. The Kier molecular flexibility index (Phi) is 5.35. The number of aliphatic hydroxyl groups is 3. The smallest absolute Gasteiger partial charge is 0.255 e. The zero-order chi connectivity index (χ0) is 24.6. The maximum absolute atomic E-state index is 13.7. The SMILES string of the molecule is CCc1cc(Cl)c2c(c1O)C(O)=C1C(=O)[C@]3(O)C(O)=C(C(N)=O)C(=O)[C@@H](N(C)C)[C@@H]3C[C@@H]1C2. The predicted molar refractivity (Wildman–Crippen MR) is 119 cm³/mol. The number of halogens is 1. The fourth-order valence-electron chi connectivity index (χ4n) is 5.59. The summed E-state index contributed by atoms with van der Waals surface area (Å²) in [6.07, 6.45) is 0.617. The predicted octanol–water partition coefficient (Wildman–Crippen LogP) is 1.18. The van der Waals surface area contributed by atoms with Gasteiger partial charge in [0.25, 0.3) is 5.91 Å². The van der Waals surface area contributed by atoms with Crippen LogP contribution in [-0.2, 0) is 27.2 Å². The van der Waals surface area contributed by atoms with Gasteiger partial charge >= 0.3 is 0 Å². The number of Topliss-reactive ketones (excluding diaryl/α,β-unsaturated/α-hetero) is 2.